The Balaban J connectivity index is 2.13. The molecule has 0 aliphatic carbocycles. The van der Waals surface area contributed by atoms with Gasteiger partial charge in [0.15, 0.2) is 0 Å². The molecule has 0 saturated carbocycles. The highest BCUT2D eigenvalue weighted by Crippen LogP contribution is 2.29. The Kier molecular flexibility index (Phi) is 4.90. The van der Waals surface area contributed by atoms with E-state index < -0.39 is 0 Å². The van der Waals surface area contributed by atoms with Crippen molar-refractivity contribution < 1.29 is 9.66 Å². The first kappa shape index (κ1) is 14.4. The predicted octanol–water partition coefficient (Wildman–Crippen LogP) is 3.19. The minimum Gasteiger partial charge on any atom is -0.381 e. The molecule has 1 heterocycles. The second-order valence-corrected chi connectivity index (χ2v) is 5.65. The van der Waals surface area contributed by atoms with Crippen LogP contribution in [0.3, 0.4) is 0 Å². The van der Waals surface area contributed by atoms with Crippen LogP contribution >= 0.6 is 15.9 Å². The fourth-order valence-corrected chi connectivity index (χ4v) is 2.70. The van der Waals surface area contributed by atoms with Gasteiger partial charge in [0.2, 0.25) is 0 Å². The molecule has 6 heteroatoms. The van der Waals surface area contributed by atoms with Gasteiger partial charge in [-0.25, -0.2) is 0 Å². The number of benzene rings is 1. The summed E-state index contributed by atoms with van der Waals surface area (Å²) in [6.07, 6.45) is 1.91. The molecule has 1 saturated heterocycles. The van der Waals surface area contributed by atoms with Crippen molar-refractivity contribution >= 4 is 21.6 Å². The number of hydrogen-bond donors (Lipinski definition) is 1. The summed E-state index contributed by atoms with van der Waals surface area (Å²) in [5.41, 5.74) is 0.876. The van der Waals surface area contributed by atoms with E-state index in [1.807, 2.05) is 13.0 Å². The molecular formula is C13H17BrN2O3. The van der Waals surface area contributed by atoms with Crippen molar-refractivity contribution in [3.05, 3.63) is 38.3 Å². The zero-order chi connectivity index (χ0) is 13.8. The van der Waals surface area contributed by atoms with Gasteiger partial charge >= 0.3 is 0 Å². The van der Waals surface area contributed by atoms with E-state index in [1.54, 1.807) is 12.1 Å². The van der Waals surface area contributed by atoms with Crippen molar-refractivity contribution in [1.82, 2.24) is 5.32 Å². The maximum Gasteiger partial charge on any atom is 0.275 e. The van der Waals surface area contributed by atoms with Crippen molar-refractivity contribution in [2.24, 2.45) is 0 Å². The molecule has 1 atom stereocenters. The summed E-state index contributed by atoms with van der Waals surface area (Å²) in [5.74, 6) is 0. The predicted molar refractivity (Wildman–Crippen MR) is 76.2 cm³/mol. The van der Waals surface area contributed by atoms with Crippen molar-refractivity contribution in [2.45, 2.75) is 31.8 Å². The first-order chi connectivity index (χ1) is 9.08. The number of nitro groups is 1. The molecule has 0 aromatic heterocycles. The van der Waals surface area contributed by atoms with Crippen LogP contribution in [0.5, 0.6) is 0 Å². The fourth-order valence-electron chi connectivity index (χ4n) is 2.35. The lowest BCUT2D eigenvalue weighted by atomic mass is 10.0. The van der Waals surface area contributed by atoms with E-state index in [4.69, 9.17) is 4.74 Å². The second kappa shape index (κ2) is 6.45. The molecule has 1 unspecified atom stereocenters. The largest absolute Gasteiger partial charge is 0.381 e. The number of ether oxygens (including phenoxy) is 1. The number of nitrogens with zero attached hydrogens (tertiary/aromatic N) is 1. The third-order valence-corrected chi connectivity index (χ3v) is 3.86. The molecule has 0 spiro atoms. The van der Waals surface area contributed by atoms with Crippen molar-refractivity contribution in [3.8, 4) is 0 Å². The van der Waals surface area contributed by atoms with E-state index in [-0.39, 0.29) is 16.7 Å². The highest BCUT2D eigenvalue weighted by Gasteiger charge is 2.22. The van der Waals surface area contributed by atoms with Crippen molar-refractivity contribution in [1.29, 1.82) is 0 Å². The number of halogens is 1. The molecule has 1 aliphatic rings. The Morgan fingerprint density at radius 2 is 2.16 bits per heavy atom. The summed E-state index contributed by atoms with van der Waals surface area (Å²) in [4.78, 5) is 10.8. The van der Waals surface area contributed by atoms with Crippen LogP contribution < -0.4 is 5.32 Å². The monoisotopic (exact) mass is 328 g/mol. The maximum absolute atomic E-state index is 11.1. The summed E-state index contributed by atoms with van der Waals surface area (Å²) < 4.78 is 6.03. The molecule has 5 nitrogen and oxygen atoms in total. The Hall–Kier alpha value is -0.980. The molecule has 1 aromatic rings. The summed E-state index contributed by atoms with van der Waals surface area (Å²) in [7, 11) is 0. The number of hydrogen-bond acceptors (Lipinski definition) is 4. The highest BCUT2D eigenvalue weighted by molar-refractivity contribution is 9.10. The number of rotatable bonds is 4. The zero-order valence-electron chi connectivity index (χ0n) is 10.8. The second-order valence-electron chi connectivity index (χ2n) is 4.74. The lowest BCUT2D eigenvalue weighted by Gasteiger charge is -2.26. The van der Waals surface area contributed by atoms with Gasteiger partial charge in [0.05, 0.1) is 4.92 Å². The molecule has 19 heavy (non-hydrogen) atoms. The number of nitrogens with one attached hydrogen (secondary N) is 1. The van der Waals surface area contributed by atoms with Gasteiger partial charge in [-0.3, -0.25) is 10.1 Å². The van der Waals surface area contributed by atoms with Crippen LogP contribution in [0.2, 0.25) is 0 Å². The van der Waals surface area contributed by atoms with Gasteiger partial charge in [0, 0.05) is 41.4 Å². The first-order valence-electron chi connectivity index (χ1n) is 6.35. The van der Waals surface area contributed by atoms with Crippen LogP contribution in [0.15, 0.2) is 22.7 Å². The maximum atomic E-state index is 11.1. The van der Waals surface area contributed by atoms with Crippen LogP contribution in [0, 0.1) is 10.1 Å². The summed E-state index contributed by atoms with van der Waals surface area (Å²) in [6, 6.07) is 5.52. The Morgan fingerprint density at radius 1 is 1.47 bits per heavy atom. The van der Waals surface area contributed by atoms with Gasteiger partial charge in [-0.2, -0.15) is 0 Å². The van der Waals surface area contributed by atoms with Gasteiger partial charge in [0.25, 0.3) is 5.69 Å². The molecule has 2 rings (SSSR count). The van der Waals surface area contributed by atoms with E-state index in [2.05, 4.69) is 21.2 Å². The smallest absolute Gasteiger partial charge is 0.275 e. The van der Waals surface area contributed by atoms with E-state index in [0.29, 0.717) is 6.04 Å². The quantitative estimate of drug-likeness (QED) is 0.681. The first-order valence-corrected chi connectivity index (χ1v) is 7.15. The third kappa shape index (κ3) is 3.75. The Morgan fingerprint density at radius 3 is 2.79 bits per heavy atom. The molecule has 104 valence electrons. The van der Waals surface area contributed by atoms with E-state index in [0.717, 1.165) is 36.1 Å². The van der Waals surface area contributed by atoms with E-state index in [9.17, 15) is 10.1 Å². The fraction of sp³-hybridized carbons (Fsp3) is 0.538. The average Bonchev–Trinajstić information content (AvgIpc) is 2.39. The van der Waals surface area contributed by atoms with Gasteiger partial charge < -0.3 is 10.1 Å². The van der Waals surface area contributed by atoms with Crippen molar-refractivity contribution in [2.75, 3.05) is 13.2 Å². The van der Waals surface area contributed by atoms with Gasteiger partial charge in [0.1, 0.15) is 0 Å². The molecule has 1 N–H and O–H groups in total. The Labute approximate surface area is 120 Å². The Bertz CT molecular complexity index is 461. The number of nitro benzene ring substituents is 1. The van der Waals surface area contributed by atoms with Crippen LogP contribution in [0.1, 0.15) is 31.4 Å². The minimum absolute atomic E-state index is 0.0448. The third-order valence-electron chi connectivity index (χ3n) is 3.36. The van der Waals surface area contributed by atoms with E-state index >= 15 is 0 Å². The molecule has 0 amide bonds. The topological polar surface area (TPSA) is 64.4 Å². The molecule has 1 fully saturated rings. The van der Waals surface area contributed by atoms with Crippen LogP contribution in [0.4, 0.5) is 5.69 Å². The minimum atomic E-state index is -0.331. The lowest BCUT2D eigenvalue weighted by Crippen LogP contribution is -2.36. The standard InChI is InChI=1S/C13H17BrN2O3/c1-9(15-11-4-6-19-7-5-11)12-3-2-10(14)8-13(12)16(17)18/h2-3,8-9,11,15H,4-7H2,1H3. The SMILES string of the molecule is CC(NC1CCOCC1)c1ccc(Br)cc1[N+](=O)[O-]. The van der Waals surface area contributed by atoms with Gasteiger partial charge in [-0.15, -0.1) is 0 Å². The molecule has 0 bridgehead atoms. The zero-order valence-corrected chi connectivity index (χ0v) is 12.4. The molecular weight excluding hydrogens is 312 g/mol. The van der Waals surface area contributed by atoms with Crippen LogP contribution in [0.25, 0.3) is 0 Å². The van der Waals surface area contributed by atoms with Gasteiger partial charge in [-0.1, -0.05) is 15.9 Å². The molecule has 1 aromatic carbocycles. The van der Waals surface area contributed by atoms with Crippen molar-refractivity contribution in [3.63, 3.8) is 0 Å². The average molecular weight is 329 g/mol. The molecule has 0 radical (unpaired) electrons. The summed E-state index contributed by atoms with van der Waals surface area (Å²) >= 11 is 3.27. The highest BCUT2D eigenvalue weighted by atomic mass is 79.9. The summed E-state index contributed by atoms with van der Waals surface area (Å²) in [5, 5.41) is 14.6. The van der Waals surface area contributed by atoms with E-state index in [1.165, 1.54) is 0 Å². The van der Waals surface area contributed by atoms with Gasteiger partial charge in [-0.05, 0) is 31.9 Å². The van der Waals surface area contributed by atoms with Crippen LogP contribution in [-0.4, -0.2) is 24.2 Å². The van der Waals surface area contributed by atoms with Crippen LogP contribution in [-0.2, 0) is 4.74 Å². The normalized spacial score (nSPS) is 18.2. The lowest BCUT2D eigenvalue weighted by molar-refractivity contribution is -0.385. The molecule has 1 aliphatic heterocycles. The summed E-state index contributed by atoms with van der Waals surface area (Å²) in [6.45, 7) is 3.48.